The van der Waals surface area contributed by atoms with Crippen molar-refractivity contribution >= 4 is 5.91 Å². The maximum Gasteiger partial charge on any atom is 0.224 e. The Morgan fingerprint density at radius 1 is 1.35 bits per heavy atom. The number of amides is 1. The summed E-state index contributed by atoms with van der Waals surface area (Å²) in [4.78, 5) is 14.0. The van der Waals surface area contributed by atoms with Gasteiger partial charge in [-0.3, -0.25) is 4.79 Å². The Balaban J connectivity index is 1.90. The summed E-state index contributed by atoms with van der Waals surface area (Å²) < 4.78 is 0. The van der Waals surface area contributed by atoms with Crippen LogP contribution in [0.15, 0.2) is 0 Å². The third kappa shape index (κ3) is 3.01. The highest BCUT2D eigenvalue weighted by Gasteiger charge is 2.40. The second-order valence-corrected chi connectivity index (χ2v) is 6.16. The van der Waals surface area contributed by atoms with Crippen LogP contribution in [-0.4, -0.2) is 35.5 Å². The quantitative estimate of drug-likeness (QED) is 0.814. The molecule has 0 aromatic carbocycles. The number of carbonyl (C=O) groups excluding carboxylic acids is 1. The van der Waals surface area contributed by atoms with Crippen molar-refractivity contribution in [3.8, 4) is 0 Å². The Hall–Kier alpha value is -0.570. The van der Waals surface area contributed by atoms with E-state index in [1.54, 1.807) is 0 Å². The minimum atomic E-state index is 0.365. The minimum absolute atomic E-state index is 0.365. The average Bonchev–Trinajstić information content (AvgIpc) is 2.55. The molecule has 2 saturated heterocycles. The van der Waals surface area contributed by atoms with Crippen LogP contribution in [0.5, 0.6) is 0 Å². The van der Waals surface area contributed by atoms with E-state index >= 15 is 0 Å². The maximum absolute atomic E-state index is 11.9. The molecule has 3 unspecified atom stereocenters. The molecule has 98 valence electrons. The Bertz CT molecular complexity index is 277. The van der Waals surface area contributed by atoms with E-state index < -0.39 is 0 Å². The summed E-state index contributed by atoms with van der Waals surface area (Å²) in [5.41, 5.74) is 0. The zero-order valence-electron chi connectivity index (χ0n) is 11.4. The highest BCUT2D eigenvalue weighted by molar-refractivity contribution is 5.80. The van der Waals surface area contributed by atoms with Crippen molar-refractivity contribution in [2.75, 3.05) is 6.54 Å². The first kappa shape index (κ1) is 12.9. The molecule has 0 spiro atoms. The molecule has 0 bridgehead atoms. The van der Waals surface area contributed by atoms with Gasteiger partial charge in [0.15, 0.2) is 0 Å². The van der Waals surface area contributed by atoms with Gasteiger partial charge in [-0.15, -0.1) is 0 Å². The molecule has 3 nitrogen and oxygen atoms in total. The third-order valence-corrected chi connectivity index (χ3v) is 4.05. The van der Waals surface area contributed by atoms with Crippen molar-refractivity contribution in [3.05, 3.63) is 0 Å². The molecule has 2 heterocycles. The Morgan fingerprint density at radius 3 is 2.82 bits per heavy atom. The highest BCUT2D eigenvalue weighted by Crippen LogP contribution is 2.28. The number of nitrogens with zero attached hydrogens (tertiary/aromatic N) is 1. The van der Waals surface area contributed by atoms with Crippen molar-refractivity contribution < 1.29 is 4.79 Å². The molecule has 2 rings (SSSR count). The molecule has 0 aliphatic carbocycles. The lowest BCUT2D eigenvalue weighted by atomic mass is 9.97. The molecule has 0 aromatic rings. The fourth-order valence-corrected chi connectivity index (χ4v) is 3.44. The smallest absolute Gasteiger partial charge is 0.224 e. The summed E-state index contributed by atoms with van der Waals surface area (Å²) in [6.07, 6.45) is 5.57. The van der Waals surface area contributed by atoms with E-state index in [0.29, 0.717) is 30.5 Å². The zero-order valence-corrected chi connectivity index (χ0v) is 11.4. The summed E-state index contributed by atoms with van der Waals surface area (Å²) in [5, 5.41) is 3.68. The largest absolute Gasteiger partial charge is 0.338 e. The SMILES string of the molecule is CC(C)CC(C)NC1CC(=O)N2CCCCC12. The van der Waals surface area contributed by atoms with E-state index in [0.717, 1.165) is 12.5 Å². The fraction of sp³-hybridized carbons (Fsp3) is 0.929. The standard InChI is InChI=1S/C14H26N2O/c1-10(2)8-11(3)15-12-9-14(17)16-7-5-4-6-13(12)16/h10-13,15H,4-9H2,1-3H3. The van der Waals surface area contributed by atoms with Gasteiger partial charge in [0.25, 0.3) is 0 Å². The van der Waals surface area contributed by atoms with Gasteiger partial charge in [0.1, 0.15) is 0 Å². The number of carbonyl (C=O) groups is 1. The first-order chi connectivity index (χ1) is 8.08. The first-order valence-electron chi connectivity index (χ1n) is 7.13. The van der Waals surface area contributed by atoms with Crippen molar-refractivity contribution in [1.29, 1.82) is 0 Å². The van der Waals surface area contributed by atoms with Gasteiger partial charge in [0.2, 0.25) is 5.91 Å². The van der Waals surface area contributed by atoms with Crippen molar-refractivity contribution in [2.24, 2.45) is 5.92 Å². The van der Waals surface area contributed by atoms with Gasteiger partial charge >= 0.3 is 0 Å². The van der Waals surface area contributed by atoms with Crippen molar-refractivity contribution in [1.82, 2.24) is 10.2 Å². The number of nitrogens with one attached hydrogen (secondary N) is 1. The summed E-state index contributed by atoms with van der Waals surface area (Å²) in [7, 11) is 0. The first-order valence-corrected chi connectivity index (χ1v) is 7.13. The molecule has 2 aliphatic rings. The molecular weight excluding hydrogens is 212 g/mol. The van der Waals surface area contributed by atoms with Gasteiger partial charge in [-0.2, -0.15) is 0 Å². The molecule has 2 aliphatic heterocycles. The number of rotatable bonds is 4. The van der Waals surface area contributed by atoms with E-state index in [9.17, 15) is 4.79 Å². The summed E-state index contributed by atoms with van der Waals surface area (Å²) in [6, 6.07) is 1.40. The zero-order chi connectivity index (χ0) is 12.4. The lowest BCUT2D eigenvalue weighted by Crippen LogP contribution is -2.48. The lowest BCUT2D eigenvalue weighted by molar-refractivity contribution is -0.129. The predicted molar refractivity (Wildman–Crippen MR) is 69.8 cm³/mol. The highest BCUT2D eigenvalue weighted by atomic mass is 16.2. The molecule has 1 N–H and O–H groups in total. The summed E-state index contributed by atoms with van der Waals surface area (Å²) >= 11 is 0. The molecule has 1 amide bonds. The molecule has 3 heteroatoms. The van der Waals surface area contributed by atoms with Crippen LogP contribution in [0.1, 0.15) is 52.9 Å². The molecule has 17 heavy (non-hydrogen) atoms. The summed E-state index contributed by atoms with van der Waals surface area (Å²) in [5.74, 6) is 1.08. The topological polar surface area (TPSA) is 32.3 Å². The van der Waals surface area contributed by atoms with Crippen LogP contribution in [0.3, 0.4) is 0 Å². The summed E-state index contributed by atoms with van der Waals surface area (Å²) in [6.45, 7) is 7.74. The van der Waals surface area contributed by atoms with Gasteiger partial charge in [0, 0.05) is 31.1 Å². The molecule has 2 fully saturated rings. The predicted octanol–water partition coefficient (Wildman–Crippen LogP) is 2.16. The van der Waals surface area contributed by atoms with Crippen LogP contribution >= 0.6 is 0 Å². The van der Waals surface area contributed by atoms with Gasteiger partial charge in [-0.1, -0.05) is 13.8 Å². The monoisotopic (exact) mass is 238 g/mol. The third-order valence-electron chi connectivity index (χ3n) is 4.05. The van der Waals surface area contributed by atoms with Gasteiger partial charge in [-0.05, 0) is 38.5 Å². The van der Waals surface area contributed by atoms with Gasteiger partial charge in [-0.25, -0.2) is 0 Å². The molecule has 3 atom stereocenters. The fourth-order valence-electron chi connectivity index (χ4n) is 3.44. The molecule has 0 radical (unpaired) electrons. The van der Waals surface area contributed by atoms with Crippen LogP contribution in [0.25, 0.3) is 0 Å². The molecular formula is C14H26N2O. The average molecular weight is 238 g/mol. The van der Waals surface area contributed by atoms with E-state index in [4.69, 9.17) is 0 Å². The van der Waals surface area contributed by atoms with E-state index in [-0.39, 0.29) is 0 Å². The van der Waals surface area contributed by atoms with Gasteiger partial charge in [0.05, 0.1) is 0 Å². The van der Waals surface area contributed by atoms with Crippen LogP contribution in [0.2, 0.25) is 0 Å². The molecule has 0 saturated carbocycles. The van der Waals surface area contributed by atoms with E-state index in [2.05, 4.69) is 31.0 Å². The number of hydrogen-bond acceptors (Lipinski definition) is 2. The number of fused-ring (bicyclic) bond motifs is 1. The van der Waals surface area contributed by atoms with Gasteiger partial charge < -0.3 is 10.2 Å². The van der Waals surface area contributed by atoms with E-state index in [1.165, 1.54) is 25.7 Å². The Labute approximate surface area is 105 Å². The lowest BCUT2D eigenvalue weighted by Gasteiger charge is -2.34. The van der Waals surface area contributed by atoms with Crippen LogP contribution < -0.4 is 5.32 Å². The van der Waals surface area contributed by atoms with E-state index in [1.807, 2.05) is 0 Å². The maximum atomic E-state index is 11.9. The van der Waals surface area contributed by atoms with Crippen LogP contribution in [0.4, 0.5) is 0 Å². The Kier molecular flexibility index (Phi) is 4.08. The molecule has 0 aromatic heterocycles. The second kappa shape index (κ2) is 5.38. The normalized spacial score (nSPS) is 30.8. The number of piperidine rings is 1. The second-order valence-electron chi connectivity index (χ2n) is 6.16. The number of hydrogen-bond donors (Lipinski definition) is 1. The minimum Gasteiger partial charge on any atom is -0.338 e. The van der Waals surface area contributed by atoms with Crippen molar-refractivity contribution in [3.63, 3.8) is 0 Å². The van der Waals surface area contributed by atoms with Crippen LogP contribution in [0, 0.1) is 5.92 Å². The Morgan fingerprint density at radius 2 is 2.12 bits per heavy atom. The van der Waals surface area contributed by atoms with Crippen molar-refractivity contribution in [2.45, 2.75) is 71.0 Å². The van der Waals surface area contributed by atoms with Crippen LogP contribution in [-0.2, 0) is 4.79 Å².